The van der Waals surface area contributed by atoms with Crippen LogP contribution in [0.1, 0.15) is 33.5 Å². The maximum atomic E-state index is 11.6. The van der Waals surface area contributed by atoms with E-state index in [4.69, 9.17) is 4.74 Å². The molecule has 17 heavy (non-hydrogen) atoms. The van der Waals surface area contributed by atoms with Crippen LogP contribution in [-0.2, 0) is 4.74 Å². The normalized spacial score (nSPS) is 10.5. The molecule has 0 amide bonds. The Balaban J connectivity index is 2.63. The molecule has 5 heteroatoms. The summed E-state index contributed by atoms with van der Waals surface area (Å²) < 4.78 is 6.43. The van der Waals surface area contributed by atoms with E-state index in [9.17, 15) is 9.59 Å². The number of rotatable bonds is 3. The molecular formula is C12H12N2O3. The number of carbonyl (C=O) groups excluding carboxylic acids is 2. The van der Waals surface area contributed by atoms with Crippen molar-refractivity contribution in [3.8, 4) is 0 Å². The number of hydrogen-bond donors (Lipinski definition) is 0. The van der Waals surface area contributed by atoms with Gasteiger partial charge in [0.1, 0.15) is 11.3 Å². The summed E-state index contributed by atoms with van der Waals surface area (Å²) in [6.45, 7) is 3.88. The fourth-order valence-electron chi connectivity index (χ4n) is 1.63. The molecule has 5 nitrogen and oxygen atoms in total. The van der Waals surface area contributed by atoms with Crippen LogP contribution < -0.4 is 0 Å². The lowest BCUT2D eigenvalue weighted by Gasteiger charge is -1.98. The van der Waals surface area contributed by atoms with E-state index < -0.39 is 5.97 Å². The van der Waals surface area contributed by atoms with Gasteiger partial charge in [-0.2, -0.15) is 0 Å². The molecule has 2 heterocycles. The minimum atomic E-state index is -0.573. The van der Waals surface area contributed by atoms with Gasteiger partial charge in [0.2, 0.25) is 0 Å². The van der Waals surface area contributed by atoms with E-state index in [1.54, 1.807) is 23.6 Å². The van der Waals surface area contributed by atoms with Crippen LogP contribution in [0.25, 0.3) is 5.65 Å². The van der Waals surface area contributed by atoms with Gasteiger partial charge >= 0.3 is 5.97 Å². The zero-order chi connectivity index (χ0) is 12.4. The van der Waals surface area contributed by atoms with Crippen LogP contribution in [0.4, 0.5) is 0 Å². The molecule has 0 atom stereocenters. The Labute approximate surface area is 98.0 Å². The van der Waals surface area contributed by atoms with Gasteiger partial charge in [0, 0.05) is 6.20 Å². The molecule has 0 N–H and O–H groups in total. The van der Waals surface area contributed by atoms with Crippen molar-refractivity contribution in [2.45, 2.75) is 13.8 Å². The van der Waals surface area contributed by atoms with Gasteiger partial charge in [0.15, 0.2) is 12.0 Å². The van der Waals surface area contributed by atoms with Crippen molar-refractivity contribution in [3.05, 3.63) is 35.3 Å². The minimum absolute atomic E-state index is 0.0625. The van der Waals surface area contributed by atoms with Gasteiger partial charge in [-0.25, -0.2) is 9.78 Å². The second-order valence-electron chi connectivity index (χ2n) is 3.62. The van der Waals surface area contributed by atoms with Crippen molar-refractivity contribution in [3.63, 3.8) is 0 Å². The summed E-state index contributed by atoms with van der Waals surface area (Å²) in [5.74, 6) is -0.573. The van der Waals surface area contributed by atoms with Gasteiger partial charge in [-0.15, -0.1) is 0 Å². The summed E-state index contributed by atoms with van der Waals surface area (Å²) in [6.07, 6.45) is 2.33. The Hall–Kier alpha value is -2.17. The number of aryl methyl sites for hydroxylation is 1. The van der Waals surface area contributed by atoms with Gasteiger partial charge in [-0.3, -0.25) is 9.20 Å². The highest BCUT2D eigenvalue weighted by atomic mass is 16.5. The Morgan fingerprint density at radius 1 is 1.59 bits per heavy atom. The first-order valence-corrected chi connectivity index (χ1v) is 5.28. The van der Waals surface area contributed by atoms with Crippen molar-refractivity contribution in [1.82, 2.24) is 9.38 Å². The van der Waals surface area contributed by atoms with Crippen molar-refractivity contribution < 1.29 is 14.3 Å². The Kier molecular flexibility index (Phi) is 2.91. The molecule has 0 radical (unpaired) electrons. The molecule has 0 aliphatic carbocycles. The maximum Gasteiger partial charge on any atom is 0.359 e. The topological polar surface area (TPSA) is 60.7 Å². The third-order valence-corrected chi connectivity index (χ3v) is 2.40. The highest BCUT2D eigenvalue weighted by molar-refractivity contribution is 5.96. The van der Waals surface area contributed by atoms with E-state index in [0.717, 1.165) is 5.56 Å². The lowest BCUT2D eigenvalue weighted by molar-refractivity contribution is 0.0518. The number of fused-ring (bicyclic) bond motifs is 1. The SMILES string of the molecule is CCOC(=O)c1nc2cc(C)ccn2c1C=O. The summed E-state index contributed by atoms with van der Waals surface area (Å²) >= 11 is 0. The summed E-state index contributed by atoms with van der Waals surface area (Å²) in [5.41, 5.74) is 1.86. The van der Waals surface area contributed by atoms with E-state index in [1.807, 2.05) is 13.0 Å². The van der Waals surface area contributed by atoms with Gasteiger partial charge in [0.05, 0.1) is 6.61 Å². The van der Waals surface area contributed by atoms with Gasteiger partial charge in [-0.05, 0) is 31.5 Å². The highest BCUT2D eigenvalue weighted by Crippen LogP contribution is 2.13. The average molecular weight is 232 g/mol. The van der Waals surface area contributed by atoms with Crippen LogP contribution in [0.15, 0.2) is 18.3 Å². The van der Waals surface area contributed by atoms with Crippen LogP contribution in [0.5, 0.6) is 0 Å². The number of esters is 1. The van der Waals surface area contributed by atoms with E-state index in [0.29, 0.717) is 11.9 Å². The maximum absolute atomic E-state index is 11.6. The van der Waals surface area contributed by atoms with E-state index >= 15 is 0 Å². The molecule has 0 aliphatic heterocycles. The first kappa shape index (κ1) is 11.3. The molecule has 2 rings (SSSR count). The van der Waals surface area contributed by atoms with Crippen molar-refractivity contribution in [2.75, 3.05) is 6.61 Å². The van der Waals surface area contributed by atoms with Gasteiger partial charge < -0.3 is 4.74 Å². The first-order chi connectivity index (χ1) is 8.17. The highest BCUT2D eigenvalue weighted by Gasteiger charge is 2.19. The molecule has 0 spiro atoms. The molecule has 0 fully saturated rings. The zero-order valence-electron chi connectivity index (χ0n) is 9.64. The zero-order valence-corrected chi connectivity index (χ0v) is 9.64. The van der Waals surface area contributed by atoms with E-state index in [2.05, 4.69) is 4.98 Å². The molecule has 88 valence electrons. The number of imidazole rings is 1. The predicted molar refractivity (Wildman–Crippen MR) is 61.3 cm³/mol. The van der Waals surface area contributed by atoms with E-state index in [-0.39, 0.29) is 18.0 Å². The smallest absolute Gasteiger partial charge is 0.359 e. The number of nitrogens with zero attached hydrogens (tertiary/aromatic N) is 2. The number of carbonyl (C=O) groups is 2. The molecular weight excluding hydrogens is 220 g/mol. The molecule has 0 bridgehead atoms. The average Bonchev–Trinajstić information content (AvgIpc) is 2.66. The lowest BCUT2D eigenvalue weighted by atomic mass is 10.3. The number of aldehydes is 1. The lowest BCUT2D eigenvalue weighted by Crippen LogP contribution is -2.08. The second-order valence-corrected chi connectivity index (χ2v) is 3.62. The van der Waals surface area contributed by atoms with E-state index in [1.165, 1.54) is 0 Å². The third kappa shape index (κ3) is 1.91. The molecule has 0 aromatic carbocycles. The van der Waals surface area contributed by atoms with Gasteiger partial charge in [-0.1, -0.05) is 0 Å². The van der Waals surface area contributed by atoms with Crippen LogP contribution in [0.3, 0.4) is 0 Å². The summed E-state index contributed by atoms with van der Waals surface area (Å²) in [4.78, 5) is 26.8. The predicted octanol–water partition coefficient (Wildman–Crippen LogP) is 1.63. The first-order valence-electron chi connectivity index (χ1n) is 5.28. The largest absolute Gasteiger partial charge is 0.461 e. The standard InChI is InChI=1S/C12H12N2O3/c1-3-17-12(16)11-9(7-15)14-5-4-8(2)6-10(14)13-11/h4-7H,3H2,1-2H3. The quantitative estimate of drug-likeness (QED) is 0.596. The number of aromatic nitrogens is 2. The third-order valence-electron chi connectivity index (χ3n) is 2.40. The Morgan fingerprint density at radius 2 is 2.35 bits per heavy atom. The number of ether oxygens (including phenoxy) is 1. The minimum Gasteiger partial charge on any atom is -0.461 e. The fourth-order valence-corrected chi connectivity index (χ4v) is 1.63. The molecule has 0 saturated heterocycles. The monoisotopic (exact) mass is 232 g/mol. The Bertz CT molecular complexity index is 587. The number of pyridine rings is 1. The van der Waals surface area contributed by atoms with Crippen molar-refractivity contribution in [1.29, 1.82) is 0 Å². The van der Waals surface area contributed by atoms with Crippen LogP contribution in [0.2, 0.25) is 0 Å². The summed E-state index contributed by atoms with van der Waals surface area (Å²) in [5, 5.41) is 0. The summed E-state index contributed by atoms with van der Waals surface area (Å²) in [6, 6.07) is 3.65. The molecule has 2 aromatic rings. The van der Waals surface area contributed by atoms with Crippen molar-refractivity contribution in [2.24, 2.45) is 0 Å². The number of hydrogen-bond acceptors (Lipinski definition) is 4. The van der Waals surface area contributed by atoms with Crippen LogP contribution >= 0.6 is 0 Å². The van der Waals surface area contributed by atoms with Crippen LogP contribution in [0, 0.1) is 6.92 Å². The summed E-state index contributed by atoms with van der Waals surface area (Å²) in [7, 11) is 0. The molecule has 0 aliphatic rings. The second kappa shape index (κ2) is 4.37. The molecule has 2 aromatic heterocycles. The fraction of sp³-hybridized carbons (Fsp3) is 0.250. The molecule has 0 saturated carbocycles. The van der Waals surface area contributed by atoms with Gasteiger partial charge in [0.25, 0.3) is 0 Å². The Morgan fingerprint density at radius 3 is 3.00 bits per heavy atom. The van der Waals surface area contributed by atoms with Crippen LogP contribution in [-0.4, -0.2) is 28.2 Å². The van der Waals surface area contributed by atoms with Crippen molar-refractivity contribution >= 4 is 17.9 Å². The molecule has 0 unspecified atom stereocenters.